The lowest BCUT2D eigenvalue weighted by atomic mass is 10.1. The van der Waals surface area contributed by atoms with Crippen LogP contribution in [0.15, 0.2) is 85.5 Å². The van der Waals surface area contributed by atoms with Crippen LogP contribution in [0.1, 0.15) is 12.5 Å². The molecule has 0 fully saturated rings. The van der Waals surface area contributed by atoms with Crippen molar-refractivity contribution in [1.29, 1.82) is 0 Å². The lowest BCUT2D eigenvalue weighted by Gasteiger charge is -2.17. The first kappa shape index (κ1) is 17.8. The number of nitrogens with zero attached hydrogens (tertiary/aromatic N) is 2. The Hall–Kier alpha value is -3.60. The second-order valence-electron chi connectivity index (χ2n) is 6.55. The summed E-state index contributed by atoms with van der Waals surface area (Å²) in [5.74, 6) is 0.549. The Kier molecular flexibility index (Phi) is 5.06. The van der Waals surface area contributed by atoms with Crippen LogP contribution in [0, 0.1) is 0 Å². The standard InChI is InChI=1S/C23H21N3O2/c1-17(28-22-12-6-9-18-7-2-4-10-20(18)22)23(27)25-15-19-8-3-5-11-21(19)26-14-13-24-16-26/h2-14,16-17H,15H2,1H3,(H,25,27)/t17-/m0/s1. The molecule has 0 saturated carbocycles. The maximum Gasteiger partial charge on any atom is 0.261 e. The lowest BCUT2D eigenvalue weighted by molar-refractivity contribution is -0.127. The van der Waals surface area contributed by atoms with Crippen LogP contribution in [-0.4, -0.2) is 21.6 Å². The van der Waals surface area contributed by atoms with Crippen LogP contribution in [0.2, 0.25) is 0 Å². The summed E-state index contributed by atoms with van der Waals surface area (Å²) < 4.78 is 7.88. The molecule has 0 aliphatic rings. The molecule has 28 heavy (non-hydrogen) atoms. The van der Waals surface area contributed by atoms with Crippen LogP contribution < -0.4 is 10.1 Å². The van der Waals surface area contributed by atoms with Gasteiger partial charge in [0.1, 0.15) is 5.75 Å². The van der Waals surface area contributed by atoms with Gasteiger partial charge < -0.3 is 14.6 Å². The maximum atomic E-state index is 12.6. The topological polar surface area (TPSA) is 56.1 Å². The van der Waals surface area contributed by atoms with Crippen molar-refractivity contribution in [3.05, 3.63) is 91.0 Å². The number of amides is 1. The molecule has 0 aliphatic carbocycles. The molecule has 4 aromatic rings. The van der Waals surface area contributed by atoms with Gasteiger partial charge in [-0.25, -0.2) is 4.98 Å². The first-order valence-electron chi connectivity index (χ1n) is 9.21. The van der Waals surface area contributed by atoms with Gasteiger partial charge in [0.15, 0.2) is 6.10 Å². The Morgan fingerprint density at radius 2 is 1.86 bits per heavy atom. The summed E-state index contributed by atoms with van der Waals surface area (Å²) in [5, 5.41) is 5.05. The van der Waals surface area contributed by atoms with Crippen molar-refractivity contribution < 1.29 is 9.53 Å². The molecule has 0 bridgehead atoms. The molecule has 0 aliphatic heterocycles. The van der Waals surface area contributed by atoms with Crippen LogP contribution >= 0.6 is 0 Å². The van der Waals surface area contributed by atoms with Crippen molar-refractivity contribution in [3.8, 4) is 11.4 Å². The minimum atomic E-state index is -0.605. The molecule has 3 aromatic carbocycles. The molecule has 140 valence electrons. The number of nitrogens with one attached hydrogen (secondary N) is 1. The minimum absolute atomic E-state index is 0.159. The summed E-state index contributed by atoms with van der Waals surface area (Å²) in [7, 11) is 0. The number of para-hydroxylation sites is 1. The molecule has 0 radical (unpaired) electrons. The Bertz CT molecular complexity index is 1080. The van der Waals surface area contributed by atoms with Crippen molar-refractivity contribution in [2.75, 3.05) is 0 Å². The van der Waals surface area contributed by atoms with Crippen LogP contribution in [0.5, 0.6) is 5.75 Å². The molecular weight excluding hydrogens is 350 g/mol. The molecule has 1 amide bonds. The quantitative estimate of drug-likeness (QED) is 0.555. The van der Waals surface area contributed by atoms with E-state index in [1.54, 1.807) is 19.4 Å². The highest BCUT2D eigenvalue weighted by Crippen LogP contribution is 2.26. The zero-order chi connectivity index (χ0) is 19.3. The number of aromatic nitrogens is 2. The van der Waals surface area contributed by atoms with Crippen molar-refractivity contribution in [2.24, 2.45) is 0 Å². The number of imidazole rings is 1. The number of benzene rings is 3. The highest BCUT2D eigenvalue weighted by molar-refractivity contribution is 5.89. The molecule has 4 rings (SSSR count). The molecule has 1 atom stereocenters. The smallest absolute Gasteiger partial charge is 0.261 e. The third kappa shape index (κ3) is 3.74. The van der Waals surface area contributed by atoms with Gasteiger partial charge in [0.2, 0.25) is 0 Å². The van der Waals surface area contributed by atoms with Crippen LogP contribution in [0.25, 0.3) is 16.5 Å². The molecule has 5 heteroatoms. The summed E-state index contributed by atoms with van der Waals surface area (Å²) in [6.45, 7) is 2.18. The monoisotopic (exact) mass is 371 g/mol. The van der Waals surface area contributed by atoms with Crippen molar-refractivity contribution >= 4 is 16.7 Å². The largest absolute Gasteiger partial charge is 0.480 e. The fraction of sp³-hybridized carbons (Fsp3) is 0.130. The Labute approximate surface area is 163 Å². The van der Waals surface area contributed by atoms with Crippen molar-refractivity contribution in [1.82, 2.24) is 14.9 Å². The predicted molar refractivity (Wildman–Crippen MR) is 109 cm³/mol. The second kappa shape index (κ2) is 7.96. The zero-order valence-corrected chi connectivity index (χ0v) is 15.6. The fourth-order valence-electron chi connectivity index (χ4n) is 3.18. The van der Waals surface area contributed by atoms with E-state index in [4.69, 9.17) is 4.74 Å². The third-order valence-corrected chi connectivity index (χ3v) is 4.65. The fourth-order valence-corrected chi connectivity index (χ4v) is 3.18. The molecular formula is C23H21N3O2. The number of carbonyl (C=O) groups is 1. The van der Waals surface area contributed by atoms with E-state index >= 15 is 0 Å². The first-order chi connectivity index (χ1) is 13.7. The van der Waals surface area contributed by atoms with Crippen LogP contribution in [0.3, 0.4) is 0 Å². The highest BCUT2D eigenvalue weighted by atomic mass is 16.5. The first-order valence-corrected chi connectivity index (χ1v) is 9.21. The summed E-state index contributed by atoms with van der Waals surface area (Å²) in [6.07, 6.45) is 4.75. The van der Waals surface area contributed by atoms with Crippen molar-refractivity contribution in [2.45, 2.75) is 19.6 Å². The lowest BCUT2D eigenvalue weighted by Crippen LogP contribution is -2.36. The summed E-state index contributed by atoms with van der Waals surface area (Å²) >= 11 is 0. The van der Waals surface area contributed by atoms with E-state index in [-0.39, 0.29) is 5.91 Å². The van der Waals surface area contributed by atoms with Gasteiger partial charge in [0.05, 0.1) is 12.0 Å². The zero-order valence-electron chi connectivity index (χ0n) is 15.6. The molecule has 0 spiro atoms. The molecule has 0 saturated heterocycles. The van der Waals surface area contributed by atoms with Crippen LogP contribution in [0.4, 0.5) is 0 Å². The van der Waals surface area contributed by atoms with Gasteiger partial charge >= 0.3 is 0 Å². The predicted octanol–water partition coefficient (Wildman–Crippen LogP) is 4.11. The van der Waals surface area contributed by atoms with E-state index in [2.05, 4.69) is 10.3 Å². The van der Waals surface area contributed by atoms with Gasteiger partial charge in [0.25, 0.3) is 5.91 Å². The van der Waals surface area contributed by atoms with Gasteiger partial charge in [-0.2, -0.15) is 0 Å². The van der Waals surface area contributed by atoms with Gasteiger partial charge in [0, 0.05) is 24.3 Å². The molecule has 1 N–H and O–H groups in total. The number of ether oxygens (including phenoxy) is 1. The minimum Gasteiger partial charge on any atom is -0.480 e. The number of fused-ring (bicyclic) bond motifs is 1. The molecule has 1 aromatic heterocycles. The van der Waals surface area contributed by atoms with E-state index in [1.165, 1.54) is 0 Å². The van der Waals surface area contributed by atoms with Crippen LogP contribution in [-0.2, 0) is 11.3 Å². The molecule has 1 heterocycles. The van der Waals surface area contributed by atoms with Crippen molar-refractivity contribution in [3.63, 3.8) is 0 Å². The normalized spacial score (nSPS) is 11.9. The molecule has 0 unspecified atom stereocenters. The Morgan fingerprint density at radius 3 is 2.71 bits per heavy atom. The Balaban J connectivity index is 1.45. The average Bonchev–Trinajstić information content (AvgIpc) is 3.27. The average molecular weight is 371 g/mol. The van der Waals surface area contributed by atoms with E-state index in [0.717, 1.165) is 22.0 Å². The SMILES string of the molecule is C[C@H](Oc1cccc2ccccc12)C(=O)NCc1ccccc1-n1ccnc1. The third-order valence-electron chi connectivity index (χ3n) is 4.65. The van der Waals surface area contributed by atoms with Gasteiger partial charge in [-0.1, -0.05) is 54.6 Å². The number of hydrogen-bond donors (Lipinski definition) is 1. The summed E-state index contributed by atoms with van der Waals surface area (Å²) in [6, 6.07) is 21.7. The number of carbonyl (C=O) groups excluding carboxylic acids is 1. The van der Waals surface area contributed by atoms with E-state index in [0.29, 0.717) is 12.3 Å². The van der Waals surface area contributed by atoms with E-state index < -0.39 is 6.10 Å². The summed E-state index contributed by atoms with van der Waals surface area (Å²) in [5.41, 5.74) is 1.99. The van der Waals surface area contributed by atoms with E-state index in [9.17, 15) is 4.79 Å². The van der Waals surface area contributed by atoms with Gasteiger partial charge in [-0.05, 0) is 30.0 Å². The van der Waals surface area contributed by atoms with Gasteiger partial charge in [-0.3, -0.25) is 4.79 Å². The maximum absolute atomic E-state index is 12.6. The number of rotatable bonds is 6. The Morgan fingerprint density at radius 1 is 1.07 bits per heavy atom. The second-order valence-corrected chi connectivity index (χ2v) is 6.55. The van der Waals surface area contributed by atoms with Gasteiger partial charge in [-0.15, -0.1) is 0 Å². The summed E-state index contributed by atoms with van der Waals surface area (Å²) in [4.78, 5) is 16.7. The van der Waals surface area contributed by atoms with E-state index in [1.807, 2.05) is 77.5 Å². The highest BCUT2D eigenvalue weighted by Gasteiger charge is 2.16. The number of hydrogen-bond acceptors (Lipinski definition) is 3. The molecule has 5 nitrogen and oxygen atoms in total.